The van der Waals surface area contributed by atoms with Gasteiger partial charge >= 0.3 is 0 Å². The summed E-state index contributed by atoms with van der Waals surface area (Å²) in [6.45, 7) is 1.82. The van der Waals surface area contributed by atoms with Crippen LogP contribution in [0.2, 0.25) is 0 Å². The highest BCUT2D eigenvalue weighted by Gasteiger charge is 1.95. The molecule has 0 aromatic heterocycles. The van der Waals surface area contributed by atoms with Crippen molar-refractivity contribution >= 4 is 17.7 Å². The van der Waals surface area contributed by atoms with Gasteiger partial charge in [-0.1, -0.05) is 0 Å². The zero-order valence-corrected chi connectivity index (χ0v) is 9.38. The molecular formula is C9H20N2OS. The molecule has 0 unspecified atom stereocenters. The Labute approximate surface area is 85.0 Å². The van der Waals surface area contributed by atoms with Crippen molar-refractivity contribution in [1.82, 2.24) is 10.6 Å². The number of unbranched alkanes of at least 4 members (excludes halogenated alkanes) is 1. The standard InChI is InChI=1S/C9H20N2OS/c1-10-9(12)5-7-11-6-3-4-8-13-2/h11H,3-8H2,1-2H3,(H,10,12). The zero-order valence-electron chi connectivity index (χ0n) is 8.56. The van der Waals surface area contributed by atoms with Gasteiger partial charge in [0.05, 0.1) is 0 Å². The molecule has 0 atom stereocenters. The second-order valence-electron chi connectivity index (χ2n) is 2.87. The number of hydrogen-bond donors (Lipinski definition) is 2. The molecule has 0 aromatic carbocycles. The molecule has 4 heteroatoms. The number of carbonyl (C=O) groups excluding carboxylic acids is 1. The fraction of sp³-hybridized carbons (Fsp3) is 0.889. The van der Waals surface area contributed by atoms with Gasteiger partial charge in [-0.2, -0.15) is 11.8 Å². The lowest BCUT2D eigenvalue weighted by Crippen LogP contribution is -2.25. The van der Waals surface area contributed by atoms with Crippen LogP contribution in [0.25, 0.3) is 0 Å². The normalized spacial score (nSPS) is 10.0. The molecule has 0 saturated carbocycles. The van der Waals surface area contributed by atoms with E-state index in [-0.39, 0.29) is 5.91 Å². The molecule has 0 aliphatic heterocycles. The first-order valence-corrected chi connectivity index (χ1v) is 6.11. The monoisotopic (exact) mass is 204 g/mol. The largest absolute Gasteiger partial charge is 0.359 e. The molecule has 0 aliphatic rings. The van der Waals surface area contributed by atoms with Crippen molar-refractivity contribution in [2.24, 2.45) is 0 Å². The lowest BCUT2D eigenvalue weighted by molar-refractivity contribution is -0.120. The molecule has 3 nitrogen and oxygen atoms in total. The third kappa shape index (κ3) is 9.70. The first kappa shape index (κ1) is 12.8. The van der Waals surface area contributed by atoms with E-state index in [9.17, 15) is 4.79 Å². The lowest BCUT2D eigenvalue weighted by Gasteiger charge is -2.03. The number of thioether (sulfide) groups is 1. The molecular weight excluding hydrogens is 184 g/mol. The van der Waals surface area contributed by atoms with E-state index in [0.29, 0.717) is 6.42 Å². The summed E-state index contributed by atoms with van der Waals surface area (Å²) < 4.78 is 0. The highest BCUT2D eigenvalue weighted by Crippen LogP contribution is 1.97. The van der Waals surface area contributed by atoms with Gasteiger partial charge in [0.15, 0.2) is 0 Å². The van der Waals surface area contributed by atoms with E-state index in [1.807, 2.05) is 11.8 Å². The highest BCUT2D eigenvalue weighted by atomic mass is 32.2. The summed E-state index contributed by atoms with van der Waals surface area (Å²) in [4.78, 5) is 10.8. The molecule has 0 rings (SSSR count). The van der Waals surface area contributed by atoms with Crippen LogP contribution in [0.3, 0.4) is 0 Å². The van der Waals surface area contributed by atoms with E-state index >= 15 is 0 Å². The smallest absolute Gasteiger partial charge is 0.221 e. The Morgan fingerprint density at radius 1 is 1.31 bits per heavy atom. The molecule has 0 aromatic rings. The molecule has 0 saturated heterocycles. The molecule has 0 spiro atoms. The molecule has 0 bridgehead atoms. The van der Waals surface area contributed by atoms with Crippen LogP contribution in [0.5, 0.6) is 0 Å². The third-order valence-corrected chi connectivity index (χ3v) is 2.46. The number of carbonyl (C=O) groups is 1. The van der Waals surface area contributed by atoms with Crippen LogP contribution in [0.15, 0.2) is 0 Å². The van der Waals surface area contributed by atoms with Gasteiger partial charge in [0, 0.05) is 20.0 Å². The van der Waals surface area contributed by atoms with Crippen molar-refractivity contribution < 1.29 is 4.79 Å². The number of nitrogens with one attached hydrogen (secondary N) is 2. The fourth-order valence-corrected chi connectivity index (χ4v) is 1.44. The first-order valence-electron chi connectivity index (χ1n) is 4.71. The summed E-state index contributed by atoms with van der Waals surface area (Å²) in [5.41, 5.74) is 0. The second kappa shape index (κ2) is 9.86. The summed E-state index contributed by atoms with van der Waals surface area (Å²) in [6, 6.07) is 0. The van der Waals surface area contributed by atoms with Gasteiger partial charge in [-0.25, -0.2) is 0 Å². The molecule has 78 valence electrons. The number of rotatable bonds is 8. The predicted molar refractivity (Wildman–Crippen MR) is 59.2 cm³/mol. The summed E-state index contributed by atoms with van der Waals surface area (Å²) in [5.74, 6) is 1.34. The van der Waals surface area contributed by atoms with Crippen molar-refractivity contribution in [2.75, 3.05) is 32.1 Å². The van der Waals surface area contributed by atoms with Crippen molar-refractivity contribution in [1.29, 1.82) is 0 Å². The first-order chi connectivity index (χ1) is 6.31. The maximum Gasteiger partial charge on any atom is 0.221 e. The third-order valence-electron chi connectivity index (χ3n) is 1.76. The van der Waals surface area contributed by atoms with Crippen LogP contribution in [0.1, 0.15) is 19.3 Å². The van der Waals surface area contributed by atoms with Crippen LogP contribution in [-0.2, 0) is 4.79 Å². The average molecular weight is 204 g/mol. The van der Waals surface area contributed by atoms with E-state index in [2.05, 4.69) is 16.9 Å². The van der Waals surface area contributed by atoms with Crippen molar-refractivity contribution in [3.63, 3.8) is 0 Å². The minimum Gasteiger partial charge on any atom is -0.359 e. The maximum absolute atomic E-state index is 10.8. The summed E-state index contributed by atoms with van der Waals surface area (Å²) in [7, 11) is 1.67. The Bertz CT molecular complexity index is 131. The lowest BCUT2D eigenvalue weighted by atomic mass is 10.3. The Hall–Kier alpha value is -0.220. The van der Waals surface area contributed by atoms with Gasteiger partial charge in [0.2, 0.25) is 5.91 Å². The van der Waals surface area contributed by atoms with Crippen molar-refractivity contribution in [2.45, 2.75) is 19.3 Å². The molecule has 0 aliphatic carbocycles. The van der Waals surface area contributed by atoms with Gasteiger partial charge in [-0.05, 0) is 31.4 Å². The van der Waals surface area contributed by atoms with E-state index in [1.165, 1.54) is 18.6 Å². The quantitative estimate of drug-likeness (QED) is 0.576. The Kier molecular flexibility index (Phi) is 9.70. The second-order valence-corrected chi connectivity index (χ2v) is 3.86. The minimum absolute atomic E-state index is 0.108. The SMILES string of the molecule is CNC(=O)CCNCCCCSC. The molecule has 0 heterocycles. The van der Waals surface area contributed by atoms with Crippen LogP contribution in [0.4, 0.5) is 0 Å². The van der Waals surface area contributed by atoms with Gasteiger partial charge < -0.3 is 10.6 Å². The highest BCUT2D eigenvalue weighted by molar-refractivity contribution is 7.98. The Morgan fingerprint density at radius 3 is 2.69 bits per heavy atom. The van der Waals surface area contributed by atoms with Crippen molar-refractivity contribution in [3.05, 3.63) is 0 Å². The predicted octanol–water partition coefficient (Wildman–Crippen LogP) is 0.855. The fourth-order valence-electron chi connectivity index (χ4n) is 0.948. The van der Waals surface area contributed by atoms with Gasteiger partial charge in [-0.15, -0.1) is 0 Å². The van der Waals surface area contributed by atoms with E-state index in [0.717, 1.165) is 13.1 Å². The van der Waals surface area contributed by atoms with E-state index in [4.69, 9.17) is 0 Å². The molecule has 0 radical (unpaired) electrons. The number of hydrogen-bond acceptors (Lipinski definition) is 3. The van der Waals surface area contributed by atoms with Gasteiger partial charge in [0.25, 0.3) is 0 Å². The molecule has 13 heavy (non-hydrogen) atoms. The Balaban J connectivity index is 2.95. The van der Waals surface area contributed by atoms with Crippen LogP contribution >= 0.6 is 11.8 Å². The minimum atomic E-state index is 0.108. The average Bonchev–Trinajstić information content (AvgIpc) is 2.16. The molecule has 0 fully saturated rings. The summed E-state index contributed by atoms with van der Waals surface area (Å²) >= 11 is 1.88. The van der Waals surface area contributed by atoms with Crippen LogP contribution in [-0.4, -0.2) is 38.1 Å². The maximum atomic E-state index is 10.8. The molecule has 2 N–H and O–H groups in total. The zero-order chi connectivity index (χ0) is 9.94. The van der Waals surface area contributed by atoms with Crippen LogP contribution < -0.4 is 10.6 Å². The topological polar surface area (TPSA) is 41.1 Å². The Morgan fingerprint density at radius 2 is 2.08 bits per heavy atom. The molecule has 1 amide bonds. The van der Waals surface area contributed by atoms with E-state index in [1.54, 1.807) is 7.05 Å². The summed E-state index contributed by atoms with van der Waals surface area (Å²) in [6.07, 6.45) is 5.17. The summed E-state index contributed by atoms with van der Waals surface area (Å²) in [5, 5.41) is 5.83. The van der Waals surface area contributed by atoms with Gasteiger partial charge in [-0.3, -0.25) is 4.79 Å². The number of amides is 1. The van der Waals surface area contributed by atoms with Crippen LogP contribution in [0, 0.1) is 0 Å². The van der Waals surface area contributed by atoms with Crippen molar-refractivity contribution in [3.8, 4) is 0 Å². The van der Waals surface area contributed by atoms with Gasteiger partial charge in [0.1, 0.15) is 0 Å². The van der Waals surface area contributed by atoms with E-state index < -0.39 is 0 Å².